The zero-order valence-electron chi connectivity index (χ0n) is 21.8. The number of ketones is 2. The molecule has 3 N–H and O–H groups in total. The van der Waals surface area contributed by atoms with Crippen molar-refractivity contribution in [2.24, 2.45) is 0 Å². The Kier molecular flexibility index (Phi) is 6.52. The molecule has 2 aliphatic rings. The van der Waals surface area contributed by atoms with E-state index >= 15 is 0 Å². The number of phenols is 1. The summed E-state index contributed by atoms with van der Waals surface area (Å²) in [5.74, 6) is -3.14. The molecule has 10 heteroatoms. The lowest BCUT2D eigenvalue weighted by molar-refractivity contribution is -0.132. The number of carbonyl (C=O) groups excluding carboxylic acids is 4. The smallest absolute Gasteiger partial charge is 0.308 e. The molecule has 1 heterocycles. The SMILES string of the molecule is COc1cc(O)c2c(c1C(=O)NCc1c(C)cc(OC(C)=O)cc1C)OC1=CC(O)=C(C(C)=O)C(=O)C12C. The van der Waals surface area contributed by atoms with Gasteiger partial charge in [0.15, 0.2) is 17.3 Å². The van der Waals surface area contributed by atoms with Gasteiger partial charge >= 0.3 is 5.97 Å². The quantitative estimate of drug-likeness (QED) is 0.295. The fourth-order valence-corrected chi connectivity index (χ4v) is 4.93. The third-order valence-electron chi connectivity index (χ3n) is 6.79. The number of aryl methyl sites for hydroxylation is 2. The molecular weight excluding hydrogens is 494 g/mol. The predicted molar refractivity (Wildman–Crippen MR) is 134 cm³/mol. The number of amides is 1. The number of hydrogen-bond acceptors (Lipinski definition) is 9. The van der Waals surface area contributed by atoms with Gasteiger partial charge in [0.1, 0.15) is 45.3 Å². The fraction of sp³-hybridized carbons (Fsp3) is 0.286. The lowest BCUT2D eigenvalue weighted by atomic mass is 9.71. The van der Waals surface area contributed by atoms with Crippen LogP contribution in [0.3, 0.4) is 0 Å². The summed E-state index contributed by atoms with van der Waals surface area (Å²) < 4.78 is 16.4. The molecule has 2 aromatic carbocycles. The first kappa shape index (κ1) is 26.5. The number of ether oxygens (including phenoxy) is 3. The molecule has 198 valence electrons. The van der Waals surface area contributed by atoms with Crippen LogP contribution in [0.15, 0.2) is 41.4 Å². The zero-order chi connectivity index (χ0) is 28.1. The van der Waals surface area contributed by atoms with Gasteiger partial charge < -0.3 is 29.7 Å². The van der Waals surface area contributed by atoms with Gasteiger partial charge in [-0.3, -0.25) is 19.2 Å². The summed E-state index contributed by atoms with van der Waals surface area (Å²) in [6.45, 7) is 7.65. The first-order valence-corrected chi connectivity index (χ1v) is 11.7. The first-order valence-electron chi connectivity index (χ1n) is 11.7. The summed E-state index contributed by atoms with van der Waals surface area (Å²) in [5, 5.41) is 24.0. The number of esters is 1. The number of fused-ring (bicyclic) bond motifs is 3. The third-order valence-corrected chi connectivity index (χ3v) is 6.79. The Hall–Kier alpha value is -4.60. The van der Waals surface area contributed by atoms with Crippen LogP contribution in [0.2, 0.25) is 0 Å². The highest BCUT2D eigenvalue weighted by atomic mass is 16.5. The standard InChI is InChI=1S/C28H27NO9/c1-12-7-16(37-15(4)31)8-13(2)17(12)11-29-27(35)23-20(36-6)9-19(33)24-25(23)38-21-10-18(32)22(14(3)30)26(34)28(21,24)5/h7-10,32-33H,11H2,1-6H3,(H,29,35). The number of methoxy groups -OCH3 is 1. The van der Waals surface area contributed by atoms with Gasteiger partial charge in [-0.2, -0.15) is 0 Å². The minimum atomic E-state index is -1.65. The van der Waals surface area contributed by atoms with Crippen LogP contribution in [0.4, 0.5) is 0 Å². The topological polar surface area (TPSA) is 148 Å². The molecule has 0 aromatic heterocycles. The van der Waals surface area contributed by atoms with Crippen molar-refractivity contribution >= 4 is 23.4 Å². The van der Waals surface area contributed by atoms with E-state index in [-0.39, 0.29) is 40.7 Å². The maximum atomic E-state index is 13.5. The van der Waals surface area contributed by atoms with Crippen molar-refractivity contribution < 1.29 is 43.6 Å². The highest BCUT2D eigenvalue weighted by Gasteiger charge is 2.55. The van der Waals surface area contributed by atoms with Crippen LogP contribution in [-0.2, 0) is 26.3 Å². The Bertz CT molecular complexity index is 1480. The molecule has 0 radical (unpaired) electrons. The largest absolute Gasteiger partial charge is 0.507 e. The third kappa shape index (κ3) is 4.07. The van der Waals surface area contributed by atoms with Crippen molar-refractivity contribution in [1.82, 2.24) is 5.32 Å². The van der Waals surface area contributed by atoms with Crippen molar-refractivity contribution in [1.29, 1.82) is 0 Å². The molecule has 0 saturated carbocycles. The molecule has 4 rings (SSSR count). The van der Waals surface area contributed by atoms with Gasteiger partial charge in [-0.05, 0) is 56.5 Å². The molecule has 10 nitrogen and oxygen atoms in total. The number of aliphatic hydroxyl groups is 1. The van der Waals surface area contributed by atoms with Crippen LogP contribution < -0.4 is 19.5 Å². The second kappa shape index (κ2) is 9.37. The molecule has 1 atom stereocenters. The summed E-state index contributed by atoms with van der Waals surface area (Å²) in [6.07, 6.45) is 1.14. The number of hydrogen-bond donors (Lipinski definition) is 3. The molecule has 1 aliphatic carbocycles. The maximum Gasteiger partial charge on any atom is 0.308 e. The summed E-state index contributed by atoms with van der Waals surface area (Å²) in [7, 11) is 1.31. The van der Waals surface area contributed by atoms with Crippen LogP contribution >= 0.6 is 0 Å². The van der Waals surface area contributed by atoms with E-state index in [0.717, 1.165) is 29.7 Å². The van der Waals surface area contributed by atoms with Crippen molar-refractivity contribution in [2.75, 3.05) is 7.11 Å². The second-order valence-electron chi connectivity index (χ2n) is 9.37. The van der Waals surface area contributed by atoms with Gasteiger partial charge in [0.25, 0.3) is 5.91 Å². The summed E-state index contributed by atoms with van der Waals surface area (Å²) in [5.41, 5.74) is 0.222. The van der Waals surface area contributed by atoms with Gasteiger partial charge in [-0.25, -0.2) is 0 Å². The number of allylic oxidation sites excluding steroid dienone is 3. The predicted octanol–water partition coefficient (Wildman–Crippen LogP) is 3.39. The van der Waals surface area contributed by atoms with Crippen LogP contribution in [-0.4, -0.2) is 40.8 Å². The van der Waals surface area contributed by atoms with Gasteiger partial charge in [0.2, 0.25) is 0 Å². The molecule has 1 amide bonds. The van der Waals surface area contributed by atoms with Gasteiger partial charge in [0, 0.05) is 25.6 Å². The van der Waals surface area contributed by atoms with E-state index in [1.807, 2.05) is 13.8 Å². The lowest BCUT2D eigenvalue weighted by Gasteiger charge is -2.27. The van der Waals surface area contributed by atoms with E-state index in [4.69, 9.17) is 14.2 Å². The van der Waals surface area contributed by atoms with Crippen LogP contribution in [0.1, 0.15) is 53.4 Å². The number of carbonyl (C=O) groups is 4. The minimum absolute atomic E-state index is 0.00308. The minimum Gasteiger partial charge on any atom is -0.507 e. The Morgan fingerprint density at radius 3 is 2.26 bits per heavy atom. The average molecular weight is 522 g/mol. The van der Waals surface area contributed by atoms with E-state index < -0.39 is 40.2 Å². The molecule has 1 unspecified atom stereocenters. The molecule has 0 fully saturated rings. The van der Waals surface area contributed by atoms with E-state index in [1.54, 1.807) is 12.1 Å². The molecule has 38 heavy (non-hydrogen) atoms. The molecule has 2 aromatic rings. The van der Waals surface area contributed by atoms with Crippen LogP contribution in [0.5, 0.6) is 23.0 Å². The number of Topliss-reactive ketones (excluding diaryl/α,β-unsaturated/α-hetero) is 2. The average Bonchev–Trinajstić information content (AvgIpc) is 3.11. The first-order chi connectivity index (χ1) is 17.8. The van der Waals surface area contributed by atoms with Crippen molar-refractivity contribution in [3.63, 3.8) is 0 Å². The summed E-state index contributed by atoms with van der Waals surface area (Å²) in [6, 6.07) is 4.58. The van der Waals surface area contributed by atoms with E-state index in [1.165, 1.54) is 27.0 Å². The van der Waals surface area contributed by atoms with Gasteiger partial charge in [-0.1, -0.05) is 0 Å². The fourth-order valence-electron chi connectivity index (χ4n) is 4.93. The highest BCUT2D eigenvalue weighted by molar-refractivity contribution is 6.25. The summed E-state index contributed by atoms with van der Waals surface area (Å²) in [4.78, 5) is 50.3. The summed E-state index contributed by atoms with van der Waals surface area (Å²) >= 11 is 0. The van der Waals surface area contributed by atoms with Crippen molar-refractivity contribution in [3.05, 3.63) is 69.2 Å². The van der Waals surface area contributed by atoms with Crippen LogP contribution in [0, 0.1) is 13.8 Å². The van der Waals surface area contributed by atoms with Crippen LogP contribution in [0.25, 0.3) is 0 Å². The number of nitrogens with one attached hydrogen (secondary N) is 1. The molecule has 1 aliphatic heterocycles. The lowest BCUT2D eigenvalue weighted by Crippen LogP contribution is -2.38. The van der Waals surface area contributed by atoms with E-state index in [9.17, 15) is 29.4 Å². The van der Waals surface area contributed by atoms with Gasteiger partial charge in [0.05, 0.1) is 12.7 Å². The van der Waals surface area contributed by atoms with E-state index in [2.05, 4.69) is 5.32 Å². The molecule has 0 saturated heterocycles. The van der Waals surface area contributed by atoms with Crippen molar-refractivity contribution in [3.8, 4) is 23.0 Å². The van der Waals surface area contributed by atoms with Gasteiger partial charge in [-0.15, -0.1) is 0 Å². The number of benzene rings is 2. The Morgan fingerprint density at radius 2 is 1.71 bits per heavy atom. The number of phenolic OH excluding ortho intramolecular Hbond substituents is 1. The Labute approximate surface area is 218 Å². The van der Waals surface area contributed by atoms with Crippen molar-refractivity contribution in [2.45, 2.75) is 46.6 Å². The number of rotatable bonds is 6. The number of aliphatic hydroxyl groups excluding tert-OH is 1. The molecular formula is C28H27NO9. The highest BCUT2D eigenvalue weighted by Crippen LogP contribution is 2.56. The normalized spacial score (nSPS) is 17.7. The monoisotopic (exact) mass is 521 g/mol. The zero-order valence-corrected chi connectivity index (χ0v) is 21.8. The second-order valence-corrected chi connectivity index (χ2v) is 9.37. The van der Waals surface area contributed by atoms with E-state index in [0.29, 0.717) is 5.75 Å². The maximum absolute atomic E-state index is 13.5. The Morgan fingerprint density at radius 1 is 1.08 bits per heavy atom. The Balaban J connectivity index is 1.74. The number of aromatic hydroxyl groups is 1. The molecule has 0 spiro atoms. The molecule has 0 bridgehead atoms.